The third-order valence-electron chi connectivity index (χ3n) is 5.15. The van der Waals surface area contributed by atoms with Gasteiger partial charge in [0.2, 0.25) is 0 Å². The van der Waals surface area contributed by atoms with E-state index in [1.165, 1.54) is 18.4 Å². The fraction of sp³-hybridized carbons (Fsp3) is 0.381. The second kappa shape index (κ2) is 6.31. The van der Waals surface area contributed by atoms with Crippen molar-refractivity contribution in [3.8, 4) is 5.75 Å². The first-order chi connectivity index (χ1) is 11.7. The smallest absolute Gasteiger partial charge is 0.258 e. The normalized spacial score (nSPS) is 20.2. The van der Waals surface area contributed by atoms with Gasteiger partial charge in [-0.3, -0.25) is 4.79 Å². The van der Waals surface area contributed by atoms with Crippen molar-refractivity contribution < 1.29 is 9.53 Å². The number of hydrogen-bond donors (Lipinski definition) is 0. The Hall–Kier alpha value is -2.29. The Balaban J connectivity index is 1.57. The van der Waals surface area contributed by atoms with Crippen molar-refractivity contribution in [2.75, 3.05) is 11.4 Å². The average molecular weight is 321 g/mol. The van der Waals surface area contributed by atoms with Crippen LogP contribution in [-0.2, 0) is 0 Å². The lowest BCUT2D eigenvalue weighted by atomic mass is 10.0. The average Bonchev–Trinajstić information content (AvgIpc) is 3.23. The fourth-order valence-electron chi connectivity index (χ4n) is 3.87. The second-order valence-electron chi connectivity index (χ2n) is 6.93. The van der Waals surface area contributed by atoms with Crippen LogP contribution in [0.25, 0.3) is 0 Å². The van der Waals surface area contributed by atoms with E-state index in [9.17, 15) is 4.79 Å². The topological polar surface area (TPSA) is 29.5 Å². The van der Waals surface area contributed by atoms with Gasteiger partial charge in [-0.2, -0.15) is 0 Å². The van der Waals surface area contributed by atoms with Gasteiger partial charge in [-0.15, -0.1) is 0 Å². The minimum absolute atomic E-state index is 0.0590. The minimum atomic E-state index is 0.0590. The molecule has 4 rings (SSSR count). The van der Waals surface area contributed by atoms with Crippen LogP contribution in [0.2, 0.25) is 0 Å². The lowest BCUT2D eigenvalue weighted by Gasteiger charge is -2.19. The van der Waals surface area contributed by atoms with Crippen LogP contribution in [0.5, 0.6) is 5.75 Å². The van der Waals surface area contributed by atoms with Gasteiger partial charge in [0.05, 0.1) is 6.10 Å². The van der Waals surface area contributed by atoms with Gasteiger partial charge in [0, 0.05) is 23.7 Å². The van der Waals surface area contributed by atoms with E-state index >= 15 is 0 Å². The maximum Gasteiger partial charge on any atom is 0.258 e. The number of carbonyl (C=O) groups is 1. The van der Waals surface area contributed by atoms with Crippen molar-refractivity contribution in [2.24, 2.45) is 0 Å². The number of amides is 1. The van der Waals surface area contributed by atoms with Crippen molar-refractivity contribution in [3.63, 3.8) is 0 Å². The molecular weight excluding hydrogens is 298 g/mol. The van der Waals surface area contributed by atoms with Crippen molar-refractivity contribution in [1.82, 2.24) is 0 Å². The molecule has 1 unspecified atom stereocenters. The van der Waals surface area contributed by atoms with E-state index in [0.29, 0.717) is 17.6 Å². The van der Waals surface area contributed by atoms with Crippen molar-refractivity contribution in [2.45, 2.75) is 44.6 Å². The van der Waals surface area contributed by atoms with Gasteiger partial charge in [0.15, 0.2) is 0 Å². The molecule has 2 aliphatic rings. The fourth-order valence-corrected chi connectivity index (χ4v) is 3.87. The van der Waals surface area contributed by atoms with Gasteiger partial charge < -0.3 is 9.64 Å². The summed E-state index contributed by atoms with van der Waals surface area (Å²) in [5.41, 5.74) is 3.00. The molecule has 3 heteroatoms. The van der Waals surface area contributed by atoms with Crippen LogP contribution in [0.15, 0.2) is 48.5 Å². The predicted octanol–water partition coefficient (Wildman–Crippen LogP) is 4.77. The second-order valence-corrected chi connectivity index (χ2v) is 6.93. The van der Waals surface area contributed by atoms with Gasteiger partial charge in [-0.25, -0.2) is 0 Å². The van der Waals surface area contributed by atoms with Gasteiger partial charge >= 0.3 is 0 Å². The monoisotopic (exact) mass is 321 g/mol. The quantitative estimate of drug-likeness (QED) is 0.815. The Bertz CT molecular complexity index is 749. The number of benzene rings is 2. The van der Waals surface area contributed by atoms with Crippen LogP contribution in [0.4, 0.5) is 5.69 Å². The van der Waals surface area contributed by atoms with E-state index in [1.807, 2.05) is 47.4 Å². The maximum absolute atomic E-state index is 13.0. The molecule has 1 saturated carbocycles. The zero-order valence-corrected chi connectivity index (χ0v) is 14.1. The highest BCUT2D eigenvalue weighted by molar-refractivity contribution is 6.07. The SMILES string of the molecule is CC1CN(C(=O)c2cccc(OC3CCCC3)c2)c2ccccc21. The summed E-state index contributed by atoms with van der Waals surface area (Å²) in [5.74, 6) is 1.25. The number of carbonyl (C=O) groups excluding carboxylic acids is 1. The zero-order valence-electron chi connectivity index (χ0n) is 14.1. The van der Waals surface area contributed by atoms with Gasteiger partial charge in [-0.1, -0.05) is 31.2 Å². The number of nitrogens with zero attached hydrogens (tertiary/aromatic N) is 1. The van der Waals surface area contributed by atoms with Crippen molar-refractivity contribution in [1.29, 1.82) is 0 Å². The van der Waals surface area contributed by atoms with Crippen LogP contribution >= 0.6 is 0 Å². The molecule has 3 nitrogen and oxygen atoms in total. The largest absolute Gasteiger partial charge is 0.490 e. The summed E-state index contributed by atoms with van der Waals surface area (Å²) in [6, 6.07) is 15.8. The number of rotatable bonds is 3. The molecular formula is C21H23NO2. The molecule has 1 fully saturated rings. The van der Waals surface area contributed by atoms with Crippen LogP contribution in [0, 0.1) is 0 Å². The van der Waals surface area contributed by atoms with E-state index in [1.54, 1.807) is 0 Å². The highest BCUT2D eigenvalue weighted by Gasteiger charge is 2.30. The highest BCUT2D eigenvalue weighted by Crippen LogP contribution is 2.36. The van der Waals surface area contributed by atoms with E-state index < -0.39 is 0 Å². The molecule has 1 heterocycles. The summed E-state index contributed by atoms with van der Waals surface area (Å²) < 4.78 is 6.05. The number of ether oxygens (including phenoxy) is 1. The van der Waals surface area contributed by atoms with Crippen LogP contribution in [0.3, 0.4) is 0 Å². The number of fused-ring (bicyclic) bond motifs is 1. The van der Waals surface area contributed by atoms with Crippen LogP contribution in [-0.4, -0.2) is 18.6 Å². The van der Waals surface area contributed by atoms with Crippen molar-refractivity contribution in [3.05, 3.63) is 59.7 Å². The molecule has 24 heavy (non-hydrogen) atoms. The highest BCUT2D eigenvalue weighted by atomic mass is 16.5. The molecule has 1 atom stereocenters. The first kappa shape index (κ1) is 15.3. The molecule has 1 amide bonds. The Labute approximate surface area is 143 Å². The van der Waals surface area contributed by atoms with Gasteiger partial charge in [0.1, 0.15) is 5.75 Å². The predicted molar refractivity (Wildman–Crippen MR) is 95.9 cm³/mol. The number of para-hydroxylation sites is 1. The van der Waals surface area contributed by atoms with Gasteiger partial charge in [-0.05, 0) is 55.5 Å². The van der Waals surface area contributed by atoms with E-state index in [-0.39, 0.29) is 5.91 Å². The molecule has 0 aromatic heterocycles. The zero-order chi connectivity index (χ0) is 16.5. The molecule has 2 aromatic rings. The van der Waals surface area contributed by atoms with Crippen molar-refractivity contribution >= 4 is 11.6 Å². The lowest BCUT2D eigenvalue weighted by Crippen LogP contribution is -2.29. The maximum atomic E-state index is 13.0. The summed E-state index contributed by atoms with van der Waals surface area (Å²) in [4.78, 5) is 14.9. The molecule has 1 aliphatic heterocycles. The molecule has 0 N–H and O–H groups in total. The molecule has 2 aromatic carbocycles. The Morgan fingerprint density at radius 1 is 1.08 bits per heavy atom. The van der Waals surface area contributed by atoms with Crippen LogP contribution in [0.1, 0.15) is 54.4 Å². The number of hydrogen-bond acceptors (Lipinski definition) is 2. The lowest BCUT2D eigenvalue weighted by molar-refractivity contribution is 0.0987. The summed E-state index contributed by atoms with van der Waals surface area (Å²) in [6.07, 6.45) is 5.03. The Morgan fingerprint density at radius 2 is 1.88 bits per heavy atom. The third kappa shape index (κ3) is 2.79. The Morgan fingerprint density at radius 3 is 2.71 bits per heavy atom. The van der Waals surface area contributed by atoms with Gasteiger partial charge in [0.25, 0.3) is 5.91 Å². The molecule has 0 spiro atoms. The standard InChI is InChI=1S/C21H23NO2/c1-15-14-22(20-12-5-4-11-19(15)20)21(23)16-7-6-10-18(13-16)24-17-8-2-3-9-17/h4-7,10-13,15,17H,2-3,8-9,14H2,1H3. The van der Waals surface area contributed by atoms with E-state index in [2.05, 4.69) is 13.0 Å². The minimum Gasteiger partial charge on any atom is -0.490 e. The van der Waals surface area contributed by atoms with E-state index in [4.69, 9.17) is 4.74 Å². The summed E-state index contributed by atoms with van der Waals surface area (Å²) in [5, 5.41) is 0. The first-order valence-electron chi connectivity index (χ1n) is 8.90. The Kier molecular flexibility index (Phi) is 4.01. The summed E-state index contributed by atoms with van der Waals surface area (Å²) in [6.45, 7) is 2.91. The molecule has 124 valence electrons. The summed E-state index contributed by atoms with van der Waals surface area (Å²) in [7, 11) is 0. The summed E-state index contributed by atoms with van der Waals surface area (Å²) >= 11 is 0. The van der Waals surface area contributed by atoms with Crippen LogP contribution < -0.4 is 9.64 Å². The third-order valence-corrected chi connectivity index (χ3v) is 5.15. The van der Waals surface area contributed by atoms with E-state index in [0.717, 1.165) is 30.8 Å². The number of anilines is 1. The molecule has 0 bridgehead atoms. The first-order valence-corrected chi connectivity index (χ1v) is 8.90. The molecule has 0 radical (unpaired) electrons. The molecule has 1 aliphatic carbocycles. The molecule has 0 saturated heterocycles.